The van der Waals surface area contributed by atoms with Crippen molar-refractivity contribution in [3.8, 4) is 16.8 Å². The van der Waals surface area contributed by atoms with Gasteiger partial charge in [0.05, 0.1) is 11.3 Å². The van der Waals surface area contributed by atoms with Crippen LogP contribution in [0.1, 0.15) is 5.56 Å². The summed E-state index contributed by atoms with van der Waals surface area (Å²) in [5, 5.41) is 4.94. The van der Waals surface area contributed by atoms with Crippen LogP contribution in [0.4, 0.5) is 0 Å². The van der Waals surface area contributed by atoms with Crippen molar-refractivity contribution >= 4 is 11.0 Å². The van der Waals surface area contributed by atoms with E-state index in [1.807, 2.05) is 49.4 Å². The molecule has 0 spiro atoms. The molecule has 0 N–H and O–H groups in total. The number of hydrogen-bond acceptors (Lipinski definition) is 4. The summed E-state index contributed by atoms with van der Waals surface area (Å²) in [5.74, 6) is 0. The summed E-state index contributed by atoms with van der Waals surface area (Å²) in [4.78, 5) is 16.2. The fraction of sp³-hybridized carbons (Fsp3) is 0.0556. The highest BCUT2D eigenvalue weighted by atomic mass is 16.4. The van der Waals surface area contributed by atoms with Crippen LogP contribution in [0.15, 0.2) is 70.4 Å². The van der Waals surface area contributed by atoms with Gasteiger partial charge in [-0.05, 0) is 30.7 Å². The summed E-state index contributed by atoms with van der Waals surface area (Å²) in [7, 11) is 0. The van der Waals surface area contributed by atoms with Crippen molar-refractivity contribution in [2.75, 3.05) is 0 Å². The molecule has 112 valence electrons. The fourth-order valence-electron chi connectivity index (χ4n) is 2.52. The van der Waals surface area contributed by atoms with Gasteiger partial charge in [-0.1, -0.05) is 29.8 Å². The van der Waals surface area contributed by atoms with E-state index in [0.29, 0.717) is 11.1 Å². The van der Waals surface area contributed by atoms with Crippen LogP contribution in [0, 0.1) is 6.92 Å². The van der Waals surface area contributed by atoms with E-state index >= 15 is 0 Å². The van der Waals surface area contributed by atoms with E-state index in [-0.39, 0.29) is 5.63 Å². The first kappa shape index (κ1) is 13.5. The molecule has 0 aliphatic rings. The average molecular weight is 303 g/mol. The van der Waals surface area contributed by atoms with Gasteiger partial charge in [0.2, 0.25) is 0 Å². The Bertz CT molecular complexity index is 1030. The van der Waals surface area contributed by atoms with Gasteiger partial charge in [-0.15, -0.1) is 0 Å². The Hall–Kier alpha value is -3.21. The predicted octanol–water partition coefficient (Wildman–Crippen LogP) is 3.35. The third-order valence-electron chi connectivity index (χ3n) is 3.77. The standard InChI is InChI=1S/C18H13N3O2/c1-12-2-4-13(5-3-12)16-8-14-6-7-15(21-11-19-10-20-21)9-17(14)23-18(16)22/h2-11H,1H3. The zero-order valence-corrected chi connectivity index (χ0v) is 12.4. The molecule has 0 aliphatic heterocycles. The molecular weight excluding hydrogens is 290 g/mol. The first-order chi connectivity index (χ1) is 11.2. The molecular formula is C18H13N3O2. The van der Waals surface area contributed by atoms with Crippen LogP contribution in [0.3, 0.4) is 0 Å². The summed E-state index contributed by atoms with van der Waals surface area (Å²) >= 11 is 0. The van der Waals surface area contributed by atoms with E-state index in [2.05, 4.69) is 10.1 Å². The first-order valence-electron chi connectivity index (χ1n) is 7.21. The van der Waals surface area contributed by atoms with Gasteiger partial charge in [-0.3, -0.25) is 0 Å². The second-order valence-corrected chi connectivity index (χ2v) is 5.38. The van der Waals surface area contributed by atoms with Crippen LogP contribution in [-0.2, 0) is 0 Å². The van der Waals surface area contributed by atoms with Gasteiger partial charge in [0.15, 0.2) is 0 Å². The smallest absolute Gasteiger partial charge is 0.344 e. The normalized spacial score (nSPS) is 11.0. The molecule has 0 saturated carbocycles. The number of benzene rings is 2. The van der Waals surface area contributed by atoms with E-state index in [0.717, 1.165) is 22.2 Å². The molecule has 0 fully saturated rings. The predicted molar refractivity (Wildman–Crippen MR) is 87.6 cm³/mol. The van der Waals surface area contributed by atoms with Gasteiger partial charge in [-0.25, -0.2) is 14.5 Å². The minimum atomic E-state index is -0.350. The number of rotatable bonds is 2. The second kappa shape index (κ2) is 5.21. The maximum absolute atomic E-state index is 12.3. The molecule has 0 unspecified atom stereocenters. The third-order valence-corrected chi connectivity index (χ3v) is 3.77. The van der Waals surface area contributed by atoms with Gasteiger partial charge < -0.3 is 4.42 Å². The van der Waals surface area contributed by atoms with E-state index in [9.17, 15) is 4.79 Å². The Morgan fingerprint density at radius 2 is 1.87 bits per heavy atom. The second-order valence-electron chi connectivity index (χ2n) is 5.38. The number of hydrogen-bond donors (Lipinski definition) is 0. The third kappa shape index (κ3) is 2.42. The quantitative estimate of drug-likeness (QED) is 0.533. The van der Waals surface area contributed by atoms with Crippen molar-refractivity contribution in [1.82, 2.24) is 14.8 Å². The summed E-state index contributed by atoms with van der Waals surface area (Å²) in [6.07, 6.45) is 3.06. The molecule has 2 aromatic heterocycles. The minimum Gasteiger partial charge on any atom is -0.422 e. The van der Waals surface area contributed by atoms with E-state index in [1.54, 1.807) is 17.1 Å². The summed E-state index contributed by atoms with van der Waals surface area (Å²) in [5.41, 5.74) is 3.53. The highest BCUT2D eigenvalue weighted by molar-refractivity contribution is 5.83. The zero-order valence-electron chi connectivity index (χ0n) is 12.4. The lowest BCUT2D eigenvalue weighted by Gasteiger charge is -2.05. The molecule has 0 saturated heterocycles. The topological polar surface area (TPSA) is 60.9 Å². The van der Waals surface area contributed by atoms with E-state index in [1.165, 1.54) is 6.33 Å². The van der Waals surface area contributed by atoms with Crippen molar-refractivity contribution in [2.24, 2.45) is 0 Å². The zero-order chi connectivity index (χ0) is 15.8. The molecule has 5 nitrogen and oxygen atoms in total. The Morgan fingerprint density at radius 3 is 2.61 bits per heavy atom. The van der Waals surface area contributed by atoms with E-state index in [4.69, 9.17) is 4.42 Å². The lowest BCUT2D eigenvalue weighted by atomic mass is 10.0. The molecule has 4 aromatic rings. The van der Waals surface area contributed by atoms with Crippen LogP contribution in [0.2, 0.25) is 0 Å². The molecule has 2 heterocycles. The van der Waals surface area contributed by atoms with Crippen molar-refractivity contribution in [3.63, 3.8) is 0 Å². The Kier molecular flexibility index (Phi) is 3.05. The SMILES string of the molecule is Cc1ccc(-c2cc3ccc(-n4cncn4)cc3oc2=O)cc1. The van der Waals surface area contributed by atoms with Gasteiger partial charge in [0.25, 0.3) is 0 Å². The maximum Gasteiger partial charge on any atom is 0.344 e. The number of nitrogens with zero attached hydrogens (tertiary/aromatic N) is 3. The highest BCUT2D eigenvalue weighted by Crippen LogP contribution is 2.23. The molecule has 0 radical (unpaired) electrons. The highest BCUT2D eigenvalue weighted by Gasteiger charge is 2.09. The van der Waals surface area contributed by atoms with Crippen LogP contribution in [-0.4, -0.2) is 14.8 Å². The molecule has 4 rings (SSSR count). The van der Waals surface area contributed by atoms with Crippen LogP contribution in [0.25, 0.3) is 27.8 Å². The summed E-state index contributed by atoms with van der Waals surface area (Å²) < 4.78 is 7.12. The lowest BCUT2D eigenvalue weighted by Crippen LogP contribution is -2.03. The number of aromatic nitrogens is 3. The molecule has 0 amide bonds. The molecule has 2 aromatic carbocycles. The Labute approximate surface area is 131 Å². The largest absolute Gasteiger partial charge is 0.422 e. The Balaban J connectivity index is 1.87. The van der Waals surface area contributed by atoms with Crippen molar-refractivity contribution < 1.29 is 4.42 Å². The monoisotopic (exact) mass is 303 g/mol. The van der Waals surface area contributed by atoms with Gasteiger partial charge in [0.1, 0.15) is 18.2 Å². The van der Waals surface area contributed by atoms with Crippen LogP contribution in [0.5, 0.6) is 0 Å². The minimum absolute atomic E-state index is 0.350. The molecule has 0 atom stereocenters. The van der Waals surface area contributed by atoms with Crippen LogP contribution < -0.4 is 5.63 Å². The van der Waals surface area contributed by atoms with E-state index < -0.39 is 0 Å². The van der Waals surface area contributed by atoms with Crippen molar-refractivity contribution in [1.29, 1.82) is 0 Å². The average Bonchev–Trinajstić information content (AvgIpc) is 3.09. The van der Waals surface area contributed by atoms with Crippen LogP contribution >= 0.6 is 0 Å². The first-order valence-corrected chi connectivity index (χ1v) is 7.21. The maximum atomic E-state index is 12.3. The van der Waals surface area contributed by atoms with Gasteiger partial charge in [0, 0.05) is 11.5 Å². The lowest BCUT2D eigenvalue weighted by molar-refractivity contribution is 0.563. The number of fused-ring (bicyclic) bond motifs is 1. The molecule has 0 bridgehead atoms. The summed E-state index contributed by atoms with van der Waals surface area (Å²) in [6, 6.07) is 15.3. The van der Waals surface area contributed by atoms with Gasteiger partial charge in [-0.2, -0.15) is 5.10 Å². The van der Waals surface area contributed by atoms with Crippen molar-refractivity contribution in [3.05, 3.63) is 77.2 Å². The van der Waals surface area contributed by atoms with Crippen molar-refractivity contribution in [2.45, 2.75) is 6.92 Å². The molecule has 23 heavy (non-hydrogen) atoms. The molecule has 5 heteroatoms. The number of aryl methyl sites for hydroxylation is 1. The van der Waals surface area contributed by atoms with Gasteiger partial charge >= 0.3 is 5.63 Å². The fourth-order valence-corrected chi connectivity index (χ4v) is 2.52. The summed E-state index contributed by atoms with van der Waals surface area (Å²) in [6.45, 7) is 2.01. The Morgan fingerprint density at radius 1 is 1.04 bits per heavy atom. The molecule has 0 aliphatic carbocycles.